The highest BCUT2D eigenvalue weighted by Crippen LogP contribution is 2.30. The first kappa shape index (κ1) is 18.9. The van der Waals surface area contributed by atoms with Crippen LogP contribution in [0.15, 0.2) is 0 Å². The molecule has 0 aromatic heterocycles. The average Bonchev–Trinajstić information content (AvgIpc) is 2.45. The van der Waals surface area contributed by atoms with E-state index in [4.69, 9.17) is 5.73 Å². The van der Waals surface area contributed by atoms with E-state index in [1.807, 2.05) is 0 Å². The lowest BCUT2D eigenvalue weighted by Crippen LogP contribution is -2.34. The van der Waals surface area contributed by atoms with E-state index in [1.54, 1.807) is 0 Å². The van der Waals surface area contributed by atoms with Crippen molar-refractivity contribution in [3.8, 4) is 0 Å². The van der Waals surface area contributed by atoms with Gasteiger partial charge in [0.2, 0.25) is 0 Å². The molecule has 0 amide bonds. The molecule has 2 heteroatoms. The van der Waals surface area contributed by atoms with Gasteiger partial charge in [-0.2, -0.15) is 0 Å². The van der Waals surface area contributed by atoms with E-state index >= 15 is 0 Å². The molecule has 116 valence electrons. The quantitative estimate of drug-likeness (QED) is 0.452. The zero-order valence-corrected chi connectivity index (χ0v) is 13.4. The molecule has 0 atom stereocenters. The highest BCUT2D eigenvalue weighted by atomic mass is 16.3. The summed E-state index contributed by atoms with van der Waals surface area (Å²) in [6.07, 6.45) is 15.2. The van der Waals surface area contributed by atoms with Gasteiger partial charge in [-0.1, -0.05) is 78.1 Å². The summed E-state index contributed by atoms with van der Waals surface area (Å²) < 4.78 is 0. The Bertz CT molecular complexity index is 162. The van der Waals surface area contributed by atoms with E-state index in [-0.39, 0.29) is 12.0 Å². The monoisotopic (exact) mass is 271 g/mol. The van der Waals surface area contributed by atoms with E-state index in [9.17, 15) is 5.11 Å². The summed E-state index contributed by atoms with van der Waals surface area (Å²) >= 11 is 0. The molecule has 0 saturated heterocycles. The van der Waals surface area contributed by atoms with Gasteiger partial charge in [0.1, 0.15) is 0 Å². The van der Waals surface area contributed by atoms with Crippen LogP contribution in [-0.4, -0.2) is 18.3 Å². The molecule has 19 heavy (non-hydrogen) atoms. The first-order valence-electron chi connectivity index (χ1n) is 8.55. The minimum atomic E-state index is 0.0123. The van der Waals surface area contributed by atoms with E-state index in [2.05, 4.69) is 13.8 Å². The van der Waals surface area contributed by atoms with Crippen LogP contribution in [-0.2, 0) is 0 Å². The molecule has 0 bridgehead atoms. The number of hydrogen-bond acceptors (Lipinski definition) is 2. The maximum absolute atomic E-state index is 9.70. The summed E-state index contributed by atoms with van der Waals surface area (Å²) in [6, 6.07) is 0. The lowest BCUT2D eigenvalue weighted by molar-refractivity contribution is 0.106. The number of aliphatic hydroxyl groups excluding tert-OH is 1. The largest absolute Gasteiger partial charge is 0.396 e. The van der Waals surface area contributed by atoms with Gasteiger partial charge in [0, 0.05) is 18.6 Å². The van der Waals surface area contributed by atoms with Crippen LogP contribution in [0.1, 0.15) is 90.9 Å². The van der Waals surface area contributed by atoms with Crippen LogP contribution in [0.2, 0.25) is 0 Å². The number of aliphatic hydroxyl groups is 1. The van der Waals surface area contributed by atoms with Crippen LogP contribution in [0, 0.1) is 5.41 Å². The molecule has 0 aliphatic heterocycles. The van der Waals surface area contributed by atoms with Gasteiger partial charge in [-0.15, -0.1) is 0 Å². The average molecular weight is 271 g/mol. The van der Waals surface area contributed by atoms with Crippen molar-refractivity contribution < 1.29 is 5.11 Å². The Kier molecular flexibility index (Phi) is 12.9. The molecular formula is C17H37NO. The molecule has 0 rings (SSSR count). The van der Waals surface area contributed by atoms with E-state index in [1.165, 1.54) is 64.2 Å². The standard InChI is InChI=1S/C17H37NO/c1-3-5-7-9-11-13-17(15-18,16-19)14-12-10-8-6-4-2/h19H,3-16,18H2,1-2H3. The van der Waals surface area contributed by atoms with Gasteiger partial charge in [0.15, 0.2) is 0 Å². The maximum Gasteiger partial charge on any atom is 0.0499 e. The molecule has 0 unspecified atom stereocenters. The third kappa shape index (κ3) is 9.45. The molecule has 0 aliphatic rings. The zero-order valence-electron chi connectivity index (χ0n) is 13.4. The summed E-state index contributed by atoms with van der Waals surface area (Å²) in [5.74, 6) is 0. The third-order valence-electron chi connectivity index (χ3n) is 4.39. The molecule has 3 N–H and O–H groups in total. The number of nitrogens with two attached hydrogens (primary N) is 1. The van der Waals surface area contributed by atoms with E-state index < -0.39 is 0 Å². The van der Waals surface area contributed by atoms with Gasteiger partial charge < -0.3 is 10.8 Å². The highest BCUT2D eigenvalue weighted by Gasteiger charge is 2.26. The summed E-state index contributed by atoms with van der Waals surface area (Å²) in [7, 11) is 0. The number of rotatable bonds is 14. The van der Waals surface area contributed by atoms with Crippen LogP contribution in [0.5, 0.6) is 0 Å². The van der Waals surface area contributed by atoms with Gasteiger partial charge in [0.25, 0.3) is 0 Å². The van der Waals surface area contributed by atoms with Gasteiger partial charge in [0.05, 0.1) is 0 Å². The zero-order chi connectivity index (χ0) is 14.4. The predicted octanol–water partition coefficient (Wildman–Crippen LogP) is 4.64. The van der Waals surface area contributed by atoms with Crippen molar-refractivity contribution in [3.63, 3.8) is 0 Å². The topological polar surface area (TPSA) is 46.2 Å². The first-order chi connectivity index (χ1) is 9.24. The lowest BCUT2D eigenvalue weighted by Gasteiger charge is -2.30. The summed E-state index contributed by atoms with van der Waals surface area (Å²) in [6.45, 7) is 5.40. The molecule has 0 aromatic carbocycles. The van der Waals surface area contributed by atoms with Crippen LogP contribution >= 0.6 is 0 Å². The predicted molar refractivity (Wildman–Crippen MR) is 85.3 cm³/mol. The second kappa shape index (κ2) is 12.9. The van der Waals surface area contributed by atoms with Crippen molar-refractivity contribution in [1.82, 2.24) is 0 Å². The molecule has 0 radical (unpaired) electrons. The Hall–Kier alpha value is -0.0800. The Morgan fingerprint density at radius 2 is 1.16 bits per heavy atom. The van der Waals surface area contributed by atoms with Gasteiger partial charge in [-0.3, -0.25) is 0 Å². The molecule has 0 fully saturated rings. The molecule has 0 spiro atoms. The lowest BCUT2D eigenvalue weighted by atomic mass is 9.78. The molecule has 0 aliphatic carbocycles. The Morgan fingerprint density at radius 1 is 0.737 bits per heavy atom. The first-order valence-corrected chi connectivity index (χ1v) is 8.55. The van der Waals surface area contributed by atoms with Crippen molar-refractivity contribution >= 4 is 0 Å². The van der Waals surface area contributed by atoms with Crippen molar-refractivity contribution in [1.29, 1.82) is 0 Å². The summed E-state index contributed by atoms with van der Waals surface area (Å²) in [5.41, 5.74) is 5.95. The minimum absolute atomic E-state index is 0.0123. The molecule has 0 aromatic rings. The summed E-state index contributed by atoms with van der Waals surface area (Å²) in [5, 5.41) is 9.70. The summed E-state index contributed by atoms with van der Waals surface area (Å²) in [4.78, 5) is 0. The fourth-order valence-electron chi connectivity index (χ4n) is 2.76. The Morgan fingerprint density at radius 3 is 1.47 bits per heavy atom. The van der Waals surface area contributed by atoms with Gasteiger partial charge in [-0.05, 0) is 12.8 Å². The second-order valence-electron chi connectivity index (χ2n) is 6.19. The fourth-order valence-corrected chi connectivity index (χ4v) is 2.76. The van der Waals surface area contributed by atoms with E-state index in [0.717, 1.165) is 12.8 Å². The van der Waals surface area contributed by atoms with E-state index in [0.29, 0.717) is 6.54 Å². The van der Waals surface area contributed by atoms with Crippen LogP contribution in [0.3, 0.4) is 0 Å². The van der Waals surface area contributed by atoms with Crippen LogP contribution in [0.25, 0.3) is 0 Å². The van der Waals surface area contributed by atoms with Gasteiger partial charge in [-0.25, -0.2) is 0 Å². The fraction of sp³-hybridized carbons (Fsp3) is 1.00. The van der Waals surface area contributed by atoms with Crippen molar-refractivity contribution in [2.75, 3.05) is 13.2 Å². The van der Waals surface area contributed by atoms with Crippen molar-refractivity contribution in [3.05, 3.63) is 0 Å². The maximum atomic E-state index is 9.70. The smallest absolute Gasteiger partial charge is 0.0499 e. The highest BCUT2D eigenvalue weighted by molar-refractivity contribution is 4.79. The minimum Gasteiger partial charge on any atom is -0.396 e. The molecule has 0 heterocycles. The Labute approximate surface area is 121 Å². The Balaban J connectivity index is 3.83. The normalized spacial score (nSPS) is 12.0. The van der Waals surface area contributed by atoms with Gasteiger partial charge >= 0.3 is 0 Å². The van der Waals surface area contributed by atoms with Crippen LogP contribution < -0.4 is 5.73 Å². The van der Waals surface area contributed by atoms with Crippen LogP contribution in [0.4, 0.5) is 0 Å². The SMILES string of the molecule is CCCCCCCC(CN)(CO)CCCCCCC. The number of unbranched alkanes of at least 4 members (excludes halogenated alkanes) is 8. The van der Waals surface area contributed by atoms with Crippen molar-refractivity contribution in [2.45, 2.75) is 90.9 Å². The third-order valence-corrected chi connectivity index (χ3v) is 4.39. The molecule has 2 nitrogen and oxygen atoms in total. The number of hydrogen-bond donors (Lipinski definition) is 2. The second-order valence-corrected chi connectivity index (χ2v) is 6.19. The molecule has 0 saturated carbocycles. The molecular weight excluding hydrogens is 234 g/mol. The van der Waals surface area contributed by atoms with Crippen molar-refractivity contribution in [2.24, 2.45) is 11.1 Å².